The van der Waals surface area contributed by atoms with Crippen LogP contribution < -0.4 is 10.6 Å². The summed E-state index contributed by atoms with van der Waals surface area (Å²) in [6.45, 7) is 4.09. The van der Waals surface area contributed by atoms with Crippen molar-refractivity contribution in [3.05, 3.63) is 70.5 Å². The number of aromatic nitrogens is 3. The SMILES string of the molecule is CCn1c(SCC(=O)Nc2ccc(F)c(Cl)c2)nnc1[C@H](C)NC(=O)c1ccccc1F. The topological polar surface area (TPSA) is 88.9 Å². The van der Waals surface area contributed by atoms with Gasteiger partial charge >= 0.3 is 0 Å². The molecule has 1 aromatic heterocycles. The second kappa shape index (κ2) is 10.6. The van der Waals surface area contributed by atoms with Crippen LogP contribution in [0.2, 0.25) is 5.02 Å². The highest BCUT2D eigenvalue weighted by atomic mass is 35.5. The first-order chi connectivity index (χ1) is 15.3. The molecule has 0 aliphatic heterocycles. The molecule has 2 N–H and O–H groups in total. The average molecular weight is 480 g/mol. The summed E-state index contributed by atoms with van der Waals surface area (Å²) in [5, 5.41) is 14.0. The minimum atomic E-state index is -0.612. The average Bonchev–Trinajstić information content (AvgIpc) is 3.18. The molecule has 0 bridgehead atoms. The molecule has 0 fully saturated rings. The molecule has 0 aliphatic rings. The molecule has 0 spiro atoms. The van der Waals surface area contributed by atoms with Crippen LogP contribution in [0.3, 0.4) is 0 Å². The van der Waals surface area contributed by atoms with Crippen LogP contribution in [0.25, 0.3) is 0 Å². The lowest BCUT2D eigenvalue weighted by Crippen LogP contribution is -2.29. The Bertz CT molecular complexity index is 1140. The van der Waals surface area contributed by atoms with E-state index in [1.54, 1.807) is 17.6 Å². The summed E-state index contributed by atoms with van der Waals surface area (Å²) in [4.78, 5) is 24.6. The number of benzene rings is 2. The van der Waals surface area contributed by atoms with Gasteiger partial charge in [0.1, 0.15) is 11.6 Å². The third-order valence-electron chi connectivity index (χ3n) is 4.45. The number of nitrogens with zero attached hydrogens (tertiary/aromatic N) is 3. The maximum atomic E-state index is 13.9. The number of hydrogen-bond acceptors (Lipinski definition) is 5. The van der Waals surface area contributed by atoms with Gasteiger partial charge in [-0.2, -0.15) is 0 Å². The van der Waals surface area contributed by atoms with Crippen molar-refractivity contribution in [1.29, 1.82) is 0 Å². The monoisotopic (exact) mass is 479 g/mol. The number of thioether (sulfide) groups is 1. The van der Waals surface area contributed by atoms with E-state index in [1.165, 1.54) is 36.4 Å². The largest absolute Gasteiger partial charge is 0.342 e. The van der Waals surface area contributed by atoms with Crippen molar-refractivity contribution in [1.82, 2.24) is 20.1 Å². The van der Waals surface area contributed by atoms with E-state index in [9.17, 15) is 18.4 Å². The lowest BCUT2D eigenvalue weighted by molar-refractivity contribution is -0.113. The van der Waals surface area contributed by atoms with Gasteiger partial charge in [-0.05, 0) is 44.2 Å². The van der Waals surface area contributed by atoms with E-state index < -0.39 is 23.6 Å². The predicted octanol–water partition coefficient (Wildman–Crippen LogP) is 4.45. The van der Waals surface area contributed by atoms with E-state index in [-0.39, 0.29) is 22.2 Å². The highest BCUT2D eigenvalue weighted by Gasteiger charge is 2.21. The molecule has 168 valence electrons. The Kier molecular flexibility index (Phi) is 7.81. The number of rotatable bonds is 8. The number of carbonyl (C=O) groups excluding carboxylic acids is 2. The zero-order valence-electron chi connectivity index (χ0n) is 17.2. The Morgan fingerprint density at radius 1 is 1.16 bits per heavy atom. The van der Waals surface area contributed by atoms with Crippen molar-refractivity contribution in [2.24, 2.45) is 0 Å². The van der Waals surface area contributed by atoms with Crippen LogP contribution in [0.1, 0.15) is 36.1 Å². The second-order valence-corrected chi connectivity index (χ2v) is 8.08. The molecular formula is C21H20ClF2N5O2S. The summed E-state index contributed by atoms with van der Waals surface area (Å²) in [7, 11) is 0. The van der Waals surface area contributed by atoms with Gasteiger partial charge in [0, 0.05) is 12.2 Å². The lowest BCUT2D eigenvalue weighted by Gasteiger charge is -2.15. The van der Waals surface area contributed by atoms with E-state index in [0.29, 0.717) is 23.2 Å². The number of nitrogens with one attached hydrogen (secondary N) is 2. The van der Waals surface area contributed by atoms with Crippen molar-refractivity contribution in [2.45, 2.75) is 31.6 Å². The van der Waals surface area contributed by atoms with E-state index in [0.717, 1.165) is 11.8 Å². The fourth-order valence-electron chi connectivity index (χ4n) is 2.91. The van der Waals surface area contributed by atoms with Crippen molar-refractivity contribution < 1.29 is 18.4 Å². The number of halogens is 3. The molecule has 0 saturated heterocycles. The molecule has 0 unspecified atom stereocenters. The molecule has 0 aliphatic carbocycles. The smallest absolute Gasteiger partial charge is 0.254 e. The van der Waals surface area contributed by atoms with Gasteiger partial charge in [0.15, 0.2) is 11.0 Å². The van der Waals surface area contributed by atoms with Crippen LogP contribution in [-0.4, -0.2) is 32.3 Å². The van der Waals surface area contributed by atoms with Gasteiger partial charge in [0.25, 0.3) is 5.91 Å². The van der Waals surface area contributed by atoms with Gasteiger partial charge < -0.3 is 15.2 Å². The quantitative estimate of drug-likeness (QED) is 0.466. The Morgan fingerprint density at radius 2 is 1.91 bits per heavy atom. The van der Waals surface area contributed by atoms with E-state index in [4.69, 9.17) is 11.6 Å². The highest BCUT2D eigenvalue weighted by molar-refractivity contribution is 7.99. The Balaban J connectivity index is 1.63. The number of carbonyl (C=O) groups is 2. The van der Waals surface area contributed by atoms with Crippen LogP contribution in [0, 0.1) is 11.6 Å². The van der Waals surface area contributed by atoms with Gasteiger partial charge in [-0.15, -0.1) is 10.2 Å². The zero-order valence-corrected chi connectivity index (χ0v) is 18.8. The molecule has 2 amide bonds. The second-order valence-electron chi connectivity index (χ2n) is 6.73. The first-order valence-electron chi connectivity index (χ1n) is 9.66. The Hall–Kier alpha value is -2.98. The van der Waals surface area contributed by atoms with Gasteiger partial charge in [0.2, 0.25) is 5.91 Å². The molecule has 0 saturated carbocycles. The fraction of sp³-hybridized carbons (Fsp3) is 0.238. The van der Waals surface area contributed by atoms with Crippen LogP contribution in [-0.2, 0) is 11.3 Å². The summed E-state index contributed by atoms with van der Waals surface area (Å²) in [6, 6.07) is 9.07. The molecule has 11 heteroatoms. The maximum Gasteiger partial charge on any atom is 0.254 e. The van der Waals surface area contributed by atoms with E-state index in [1.807, 2.05) is 6.92 Å². The molecule has 1 atom stereocenters. The highest BCUT2D eigenvalue weighted by Crippen LogP contribution is 2.23. The molecule has 1 heterocycles. The number of hydrogen-bond donors (Lipinski definition) is 2. The van der Waals surface area contributed by atoms with Crippen LogP contribution in [0.4, 0.5) is 14.5 Å². The molecule has 2 aromatic carbocycles. The lowest BCUT2D eigenvalue weighted by atomic mass is 10.2. The predicted molar refractivity (Wildman–Crippen MR) is 119 cm³/mol. The molecule has 3 aromatic rings. The van der Waals surface area contributed by atoms with Crippen LogP contribution >= 0.6 is 23.4 Å². The van der Waals surface area contributed by atoms with E-state index in [2.05, 4.69) is 20.8 Å². The minimum Gasteiger partial charge on any atom is -0.342 e. The van der Waals surface area contributed by atoms with Crippen LogP contribution in [0.5, 0.6) is 0 Å². The molecule has 32 heavy (non-hydrogen) atoms. The van der Waals surface area contributed by atoms with Gasteiger partial charge in [0.05, 0.1) is 22.4 Å². The molecule has 0 radical (unpaired) electrons. The van der Waals surface area contributed by atoms with Crippen LogP contribution in [0.15, 0.2) is 47.6 Å². The minimum absolute atomic E-state index is 0.0308. The Morgan fingerprint density at radius 3 is 2.59 bits per heavy atom. The normalized spacial score (nSPS) is 11.8. The van der Waals surface area contributed by atoms with Crippen molar-refractivity contribution >= 4 is 40.9 Å². The van der Waals surface area contributed by atoms with Gasteiger partial charge in [-0.1, -0.05) is 35.5 Å². The fourth-order valence-corrected chi connectivity index (χ4v) is 3.90. The van der Waals surface area contributed by atoms with Gasteiger partial charge in [-0.3, -0.25) is 9.59 Å². The molecule has 7 nitrogen and oxygen atoms in total. The summed E-state index contributed by atoms with van der Waals surface area (Å²) in [5.74, 6) is -1.56. The van der Waals surface area contributed by atoms with E-state index >= 15 is 0 Å². The summed E-state index contributed by atoms with van der Waals surface area (Å²) >= 11 is 6.88. The maximum absolute atomic E-state index is 13.9. The third kappa shape index (κ3) is 5.63. The summed E-state index contributed by atoms with van der Waals surface area (Å²) in [5.41, 5.74) is 0.318. The molecular weight excluding hydrogens is 460 g/mol. The number of amides is 2. The van der Waals surface area contributed by atoms with Crippen molar-refractivity contribution in [3.8, 4) is 0 Å². The van der Waals surface area contributed by atoms with Crippen molar-refractivity contribution in [2.75, 3.05) is 11.1 Å². The Labute approximate surface area is 192 Å². The number of anilines is 1. The first kappa shape index (κ1) is 23.7. The first-order valence-corrected chi connectivity index (χ1v) is 11.0. The molecule has 3 rings (SSSR count). The third-order valence-corrected chi connectivity index (χ3v) is 5.71. The van der Waals surface area contributed by atoms with Gasteiger partial charge in [-0.25, -0.2) is 8.78 Å². The zero-order chi connectivity index (χ0) is 23.3. The summed E-state index contributed by atoms with van der Waals surface area (Å²) < 4.78 is 28.9. The van der Waals surface area contributed by atoms with Crippen molar-refractivity contribution in [3.63, 3.8) is 0 Å². The standard InChI is InChI=1S/C21H20ClF2N5O2S/c1-3-29-19(12(2)25-20(31)14-6-4-5-7-16(14)23)27-28-21(29)32-11-18(30)26-13-8-9-17(24)15(22)10-13/h4-10,12H,3,11H2,1-2H3,(H,25,31)(H,26,30)/t12-/m0/s1. The summed E-state index contributed by atoms with van der Waals surface area (Å²) in [6.07, 6.45) is 0.